The Balaban J connectivity index is 1.65. The maximum absolute atomic E-state index is 13.1. The lowest BCUT2D eigenvalue weighted by molar-refractivity contribution is -0.116. The minimum atomic E-state index is -0.424. The van der Waals surface area contributed by atoms with Gasteiger partial charge in [0.05, 0.1) is 14.2 Å². The number of benzene rings is 2. The topological polar surface area (TPSA) is 81.5 Å². The summed E-state index contributed by atoms with van der Waals surface area (Å²) in [5, 5.41) is 8.24. The number of hydrogen-bond acceptors (Lipinski definition) is 7. The Labute approximate surface area is 192 Å². The van der Waals surface area contributed by atoms with Gasteiger partial charge in [0.25, 0.3) is 0 Å². The summed E-state index contributed by atoms with van der Waals surface area (Å²) in [7, 11) is 7.25. The van der Waals surface area contributed by atoms with Crippen LogP contribution in [0.4, 0.5) is 11.6 Å². The van der Waals surface area contributed by atoms with E-state index < -0.39 is 6.04 Å². The summed E-state index contributed by atoms with van der Waals surface area (Å²) in [5.74, 6) is 2.69. The third kappa shape index (κ3) is 3.61. The number of ether oxygens (including phenoxy) is 2. The van der Waals surface area contributed by atoms with Crippen molar-refractivity contribution >= 4 is 17.4 Å². The van der Waals surface area contributed by atoms with Crippen molar-refractivity contribution in [1.82, 2.24) is 14.8 Å². The summed E-state index contributed by atoms with van der Waals surface area (Å²) in [5.41, 5.74) is 4.52. The summed E-state index contributed by atoms with van der Waals surface area (Å²) in [6.45, 7) is 0. The molecule has 8 nitrogen and oxygen atoms in total. The Kier molecular flexibility index (Phi) is 5.28. The minimum Gasteiger partial charge on any atom is -0.497 e. The van der Waals surface area contributed by atoms with Crippen molar-refractivity contribution in [3.63, 3.8) is 0 Å². The van der Waals surface area contributed by atoms with Crippen LogP contribution in [0.2, 0.25) is 0 Å². The van der Waals surface area contributed by atoms with E-state index in [4.69, 9.17) is 19.6 Å². The van der Waals surface area contributed by atoms with E-state index in [0.29, 0.717) is 29.7 Å². The first-order valence-electron chi connectivity index (χ1n) is 11.0. The average molecular weight is 446 g/mol. The second-order valence-corrected chi connectivity index (χ2v) is 8.45. The van der Waals surface area contributed by atoms with E-state index in [0.717, 1.165) is 40.9 Å². The van der Waals surface area contributed by atoms with Crippen LogP contribution < -0.4 is 19.7 Å². The molecular formula is C25H27N5O3. The molecule has 0 bridgehead atoms. The molecule has 3 aromatic rings. The van der Waals surface area contributed by atoms with Gasteiger partial charge in [-0.1, -0.05) is 0 Å². The van der Waals surface area contributed by atoms with Crippen LogP contribution in [0, 0.1) is 0 Å². The lowest BCUT2D eigenvalue weighted by atomic mass is 9.85. The molecule has 5 rings (SSSR count). The van der Waals surface area contributed by atoms with Gasteiger partial charge in [0, 0.05) is 54.7 Å². The predicted molar refractivity (Wildman–Crippen MR) is 127 cm³/mol. The number of allylic oxidation sites excluding steroid dienone is 2. The first-order chi connectivity index (χ1) is 16.0. The molecule has 0 fully saturated rings. The van der Waals surface area contributed by atoms with E-state index in [1.54, 1.807) is 14.2 Å². The smallest absolute Gasteiger partial charge is 0.226 e. The van der Waals surface area contributed by atoms with Crippen LogP contribution in [-0.2, 0) is 4.79 Å². The molecule has 1 N–H and O–H groups in total. The number of Topliss-reactive ketones (excluding diaryl/α,β-unsaturated/α-hetero) is 1. The quantitative estimate of drug-likeness (QED) is 0.634. The van der Waals surface area contributed by atoms with Crippen molar-refractivity contribution in [3.05, 3.63) is 59.3 Å². The van der Waals surface area contributed by atoms with Crippen LogP contribution >= 0.6 is 0 Å². The van der Waals surface area contributed by atoms with Crippen LogP contribution in [-0.4, -0.2) is 48.9 Å². The molecule has 0 amide bonds. The van der Waals surface area contributed by atoms with Gasteiger partial charge in [0.2, 0.25) is 5.95 Å². The van der Waals surface area contributed by atoms with Gasteiger partial charge in [-0.15, -0.1) is 5.10 Å². The maximum Gasteiger partial charge on any atom is 0.226 e. The van der Waals surface area contributed by atoms with Crippen molar-refractivity contribution in [2.75, 3.05) is 38.5 Å². The van der Waals surface area contributed by atoms with Crippen LogP contribution in [0.3, 0.4) is 0 Å². The molecule has 0 saturated heterocycles. The number of rotatable bonds is 5. The number of aromatic nitrogens is 3. The Morgan fingerprint density at radius 2 is 1.85 bits per heavy atom. The van der Waals surface area contributed by atoms with Crippen molar-refractivity contribution < 1.29 is 14.3 Å². The third-order valence-corrected chi connectivity index (χ3v) is 6.25. The maximum atomic E-state index is 13.1. The average Bonchev–Trinajstić information content (AvgIpc) is 3.26. The van der Waals surface area contributed by atoms with Gasteiger partial charge in [0.15, 0.2) is 11.6 Å². The fourth-order valence-electron chi connectivity index (χ4n) is 4.52. The number of anilines is 2. The highest BCUT2D eigenvalue weighted by Crippen LogP contribution is 2.44. The van der Waals surface area contributed by atoms with Gasteiger partial charge >= 0.3 is 0 Å². The molecular weight excluding hydrogens is 418 g/mol. The highest BCUT2D eigenvalue weighted by Gasteiger charge is 2.38. The monoisotopic (exact) mass is 445 g/mol. The Morgan fingerprint density at radius 1 is 1.06 bits per heavy atom. The SMILES string of the molecule is COc1ccc(C2C3=C(CCCC3=O)Nc3nc(-c4ccc(N(C)C)cc4)nn32)c(OC)c1. The van der Waals surface area contributed by atoms with E-state index in [-0.39, 0.29) is 5.78 Å². The van der Waals surface area contributed by atoms with Gasteiger partial charge in [-0.3, -0.25) is 4.79 Å². The Morgan fingerprint density at radius 3 is 2.55 bits per heavy atom. The second-order valence-electron chi connectivity index (χ2n) is 8.45. The summed E-state index contributed by atoms with van der Waals surface area (Å²) >= 11 is 0. The lowest BCUT2D eigenvalue weighted by Gasteiger charge is -2.32. The van der Waals surface area contributed by atoms with Gasteiger partial charge in [-0.2, -0.15) is 4.98 Å². The van der Waals surface area contributed by atoms with Crippen LogP contribution in [0.1, 0.15) is 30.9 Å². The molecule has 1 atom stereocenters. The zero-order valence-electron chi connectivity index (χ0n) is 19.3. The summed E-state index contributed by atoms with van der Waals surface area (Å²) in [4.78, 5) is 19.9. The van der Waals surface area contributed by atoms with Gasteiger partial charge in [0.1, 0.15) is 17.5 Å². The molecule has 0 spiro atoms. The van der Waals surface area contributed by atoms with E-state index in [1.807, 2.05) is 66.1 Å². The van der Waals surface area contributed by atoms with Crippen LogP contribution in [0.15, 0.2) is 53.7 Å². The number of hydrogen-bond donors (Lipinski definition) is 1. The van der Waals surface area contributed by atoms with Crippen LogP contribution in [0.5, 0.6) is 11.5 Å². The molecule has 2 heterocycles. The molecule has 2 aliphatic rings. The number of methoxy groups -OCH3 is 2. The molecule has 8 heteroatoms. The molecule has 33 heavy (non-hydrogen) atoms. The second kappa shape index (κ2) is 8.27. The van der Waals surface area contributed by atoms with Gasteiger partial charge < -0.3 is 19.7 Å². The number of nitrogens with one attached hydrogen (secondary N) is 1. The first kappa shape index (κ1) is 21.1. The van der Waals surface area contributed by atoms with E-state index >= 15 is 0 Å². The number of carbonyl (C=O) groups excluding carboxylic acids is 1. The van der Waals surface area contributed by atoms with Crippen LogP contribution in [0.25, 0.3) is 11.4 Å². The van der Waals surface area contributed by atoms with E-state index in [2.05, 4.69) is 5.32 Å². The molecule has 0 saturated carbocycles. The number of nitrogens with zero attached hydrogens (tertiary/aromatic N) is 4. The Hall–Kier alpha value is -3.81. The van der Waals surface area contributed by atoms with E-state index in [1.165, 1.54) is 0 Å². The fraction of sp³-hybridized carbons (Fsp3) is 0.320. The number of carbonyl (C=O) groups is 1. The van der Waals surface area contributed by atoms with Crippen molar-refractivity contribution in [1.29, 1.82) is 0 Å². The highest BCUT2D eigenvalue weighted by molar-refractivity contribution is 5.99. The molecule has 1 aliphatic carbocycles. The fourth-order valence-corrected chi connectivity index (χ4v) is 4.52. The van der Waals surface area contributed by atoms with Crippen molar-refractivity contribution in [3.8, 4) is 22.9 Å². The highest BCUT2D eigenvalue weighted by atomic mass is 16.5. The first-order valence-corrected chi connectivity index (χ1v) is 11.0. The zero-order valence-corrected chi connectivity index (χ0v) is 19.3. The minimum absolute atomic E-state index is 0.129. The molecule has 170 valence electrons. The Bertz CT molecular complexity index is 1240. The summed E-state index contributed by atoms with van der Waals surface area (Å²) < 4.78 is 12.9. The molecule has 2 aromatic carbocycles. The molecule has 1 unspecified atom stereocenters. The normalized spacial score (nSPS) is 17.2. The largest absolute Gasteiger partial charge is 0.497 e. The third-order valence-electron chi connectivity index (χ3n) is 6.25. The number of ketones is 1. The van der Waals surface area contributed by atoms with Gasteiger partial charge in [-0.25, -0.2) is 4.68 Å². The number of fused-ring (bicyclic) bond motifs is 1. The standard InChI is InChI=1S/C25H27N5O3/c1-29(2)16-10-8-15(9-11-16)24-27-25-26-19-6-5-7-20(31)22(19)23(30(25)28-24)18-13-12-17(32-3)14-21(18)33-4/h8-14,23H,5-7H2,1-4H3,(H,26,27,28). The van der Waals surface area contributed by atoms with Crippen molar-refractivity contribution in [2.24, 2.45) is 0 Å². The van der Waals surface area contributed by atoms with Crippen molar-refractivity contribution in [2.45, 2.75) is 25.3 Å². The lowest BCUT2D eigenvalue weighted by Crippen LogP contribution is -2.31. The molecule has 1 aliphatic heterocycles. The van der Waals surface area contributed by atoms with E-state index in [9.17, 15) is 4.79 Å². The zero-order chi connectivity index (χ0) is 23.1. The predicted octanol–water partition coefficient (Wildman–Crippen LogP) is 4.05. The molecule has 0 radical (unpaired) electrons. The van der Waals surface area contributed by atoms with Gasteiger partial charge in [-0.05, 0) is 49.2 Å². The summed E-state index contributed by atoms with van der Waals surface area (Å²) in [6, 6.07) is 13.3. The summed E-state index contributed by atoms with van der Waals surface area (Å²) in [6.07, 6.45) is 2.15. The molecule has 1 aromatic heterocycles.